The molecule has 100 valence electrons. The standard InChI is InChI=1S/C12H16ClNO3S/c13-10-3-8-18-11(10)12(16)14-4-1-9(2-5-14)17-7-6-15/h3,8-9,15H,1-2,4-7H2. The van der Waals surface area contributed by atoms with Gasteiger partial charge in [0.15, 0.2) is 0 Å². The van der Waals surface area contributed by atoms with Crippen LogP contribution >= 0.6 is 22.9 Å². The normalized spacial score (nSPS) is 17.1. The predicted octanol–water partition coefficient (Wildman–Crippen LogP) is 2.01. The van der Waals surface area contributed by atoms with Gasteiger partial charge in [-0.25, -0.2) is 0 Å². The summed E-state index contributed by atoms with van der Waals surface area (Å²) in [5.74, 6) is 0.00982. The summed E-state index contributed by atoms with van der Waals surface area (Å²) in [7, 11) is 0. The number of aliphatic hydroxyl groups is 1. The van der Waals surface area contributed by atoms with Crippen molar-refractivity contribution in [2.75, 3.05) is 26.3 Å². The molecule has 0 radical (unpaired) electrons. The number of rotatable bonds is 4. The van der Waals surface area contributed by atoms with E-state index in [2.05, 4.69) is 0 Å². The second kappa shape index (κ2) is 6.52. The Labute approximate surface area is 115 Å². The topological polar surface area (TPSA) is 49.8 Å². The molecule has 1 saturated heterocycles. The Hall–Kier alpha value is -0.620. The van der Waals surface area contributed by atoms with Crippen molar-refractivity contribution >= 4 is 28.8 Å². The van der Waals surface area contributed by atoms with Crippen molar-refractivity contribution in [1.82, 2.24) is 4.90 Å². The van der Waals surface area contributed by atoms with Crippen LogP contribution in [0.5, 0.6) is 0 Å². The van der Waals surface area contributed by atoms with E-state index in [1.807, 2.05) is 10.3 Å². The van der Waals surface area contributed by atoms with Crippen LogP contribution in [-0.4, -0.2) is 48.3 Å². The molecule has 0 aliphatic carbocycles. The zero-order valence-corrected chi connectivity index (χ0v) is 11.5. The van der Waals surface area contributed by atoms with E-state index >= 15 is 0 Å². The number of carbonyl (C=O) groups is 1. The monoisotopic (exact) mass is 289 g/mol. The quantitative estimate of drug-likeness (QED) is 0.922. The van der Waals surface area contributed by atoms with Crippen LogP contribution in [0.15, 0.2) is 11.4 Å². The van der Waals surface area contributed by atoms with Crippen LogP contribution in [0, 0.1) is 0 Å². The zero-order valence-electron chi connectivity index (χ0n) is 9.97. The van der Waals surface area contributed by atoms with Gasteiger partial charge in [-0.15, -0.1) is 11.3 Å². The molecule has 6 heteroatoms. The van der Waals surface area contributed by atoms with Gasteiger partial charge in [-0.1, -0.05) is 11.6 Å². The Morgan fingerprint density at radius 3 is 2.83 bits per heavy atom. The van der Waals surface area contributed by atoms with E-state index in [4.69, 9.17) is 21.4 Å². The molecule has 1 aromatic rings. The first kappa shape index (κ1) is 13.8. The number of nitrogens with zero attached hydrogens (tertiary/aromatic N) is 1. The highest BCUT2D eigenvalue weighted by atomic mass is 35.5. The minimum Gasteiger partial charge on any atom is -0.394 e. The lowest BCUT2D eigenvalue weighted by molar-refractivity contribution is -0.00544. The molecule has 2 rings (SSSR count). The van der Waals surface area contributed by atoms with Crippen molar-refractivity contribution < 1.29 is 14.6 Å². The van der Waals surface area contributed by atoms with Gasteiger partial charge in [0, 0.05) is 13.1 Å². The van der Waals surface area contributed by atoms with E-state index in [-0.39, 0.29) is 18.6 Å². The second-order valence-electron chi connectivity index (χ2n) is 4.18. The summed E-state index contributed by atoms with van der Waals surface area (Å²) < 4.78 is 5.46. The maximum Gasteiger partial charge on any atom is 0.265 e. The summed E-state index contributed by atoms with van der Waals surface area (Å²) in [5, 5.41) is 11.0. The fourth-order valence-electron chi connectivity index (χ4n) is 2.03. The minimum absolute atomic E-state index is 0.00982. The summed E-state index contributed by atoms with van der Waals surface area (Å²) in [5.41, 5.74) is 0. The molecular weight excluding hydrogens is 274 g/mol. The van der Waals surface area contributed by atoms with Crippen LogP contribution in [0.1, 0.15) is 22.5 Å². The molecule has 0 aromatic carbocycles. The van der Waals surface area contributed by atoms with E-state index in [0.717, 1.165) is 12.8 Å². The maximum atomic E-state index is 12.2. The fourth-order valence-corrected chi connectivity index (χ4v) is 3.14. The first-order chi connectivity index (χ1) is 8.72. The van der Waals surface area contributed by atoms with Crippen molar-refractivity contribution in [3.63, 3.8) is 0 Å². The second-order valence-corrected chi connectivity index (χ2v) is 5.51. The molecule has 1 N–H and O–H groups in total. The van der Waals surface area contributed by atoms with Crippen LogP contribution in [0.2, 0.25) is 5.02 Å². The van der Waals surface area contributed by atoms with E-state index in [1.54, 1.807) is 6.07 Å². The van der Waals surface area contributed by atoms with E-state index < -0.39 is 0 Å². The SMILES string of the molecule is O=C(c1sccc1Cl)N1CCC(OCCO)CC1. The highest BCUT2D eigenvalue weighted by Crippen LogP contribution is 2.25. The van der Waals surface area contributed by atoms with Crippen LogP contribution in [0.25, 0.3) is 0 Å². The third-order valence-electron chi connectivity index (χ3n) is 2.99. The molecule has 1 aliphatic rings. The number of piperidine rings is 1. The molecule has 0 unspecified atom stereocenters. The molecule has 1 amide bonds. The number of aliphatic hydroxyl groups excluding tert-OH is 1. The van der Waals surface area contributed by atoms with Gasteiger partial charge >= 0.3 is 0 Å². The van der Waals surface area contributed by atoms with E-state index in [0.29, 0.717) is 29.6 Å². The average Bonchev–Trinajstić information content (AvgIpc) is 2.82. The summed E-state index contributed by atoms with van der Waals surface area (Å²) in [6.45, 7) is 1.78. The lowest BCUT2D eigenvalue weighted by Gasteiger charge is -2.31. The van der Waals surface area contributed by atoms with Crippen LogP contribution < -0.4 is 0 Å². The maximum absolute atomic E-state index is 12.2. The third-order valence-corrected chi connectivity index (χ3v) is 4.31. The molecule has 0 saturated carbocycles. The summed E-state index contributed by atoms with van der Waals surface area (Å²) in [4.78, 5) is 14.6. The van der Waals surface area contributed by atoms with Crippen LogP contribution in [-0.2, 0) is 4.74 Å². The van der Waals surface area contributed by atoms with Crippen molar-refractivity contribution in [3.8, 4) is 0 Å². The largest absolute Gasteiger partial charge is 0.394 e. The van der Waals surface area contributed by atoms with Crippen molar-refractivity contribution in [1.29, 1.82) is 0 Å². The van der Waals surface area contributed by atoms with Gasteiger partial charge in [0.1, 0.15) is 4.88 Å². The smallest absolute Gasteiger partial charge is 0.265 e. The van der Waals surface area contributed by atoms with Crippen LogP contribution in [0.3, 0.4) is 0 Å². The highest BCUT2D eigenvalue weighted by Gasteiger charge is 2.25. The van der Waals surface area contributed by atoms with Crippen molar-refractivity contribution in [2.24, 2.45) is 0 Å². The Bertz CT molecular complexity index is 402. The van der Waals surface area contributed by atoms with Gasteiger partial charge in [0.05, 0.1) is 24.3 Å². The van der Waals surface area contributed by atoms with Crippen LogP contribution in [0.4, 0.5) is 0 Å². The van der Waals surface area contributed by atoms with Gasteiger partial charge in [0.2, 0.25) is 0 Å². The molecule has 1 aromatic heterocycles. The third kappa shape index (κ3) is 3.23. The summed E-state index contributed by atoms with van der Waals surface area (Å²) in [6, 6.07) is 1.75. The number of amides is 1. The van der Waals surface area contributed by atoms with Crippen molar-refractivity contribution in [2.45, 2.75) is 18.9 Å². The lowest BCUT2D eigenvalue weighted by Crippen LogP contribution is -2.40. The Morgan fingerprint density at radius 2 is 2.28 bits per heavy atom. The summed E-state index contributed by atoms with van der Waals surface area (Å²) >= 11 is 7.34. The van der Waals surface area contributed by atoms with Gasteiger partial charge < -0.3 is 14.7 Å². The molecule has 0 atom stereocenters. The first-order valence-electron chi connectivity index (χ1n) is 5.97. The number of halogens is 1. The molecule has 0 spiro atoms. The van der Waals surface area contributed by atoms with E-state index in [9.17, 15) is 4.79 Å². The average molecular weight is 290 g/mol. The molecule has 1 fully saturated rings. The minimum atomic E-state index is 0.00982. The summed E-state index contributed by atoms with van der Waals surface area (Å²) in [6.07, 6.45) is 1.78. The molecule has 4 nitrogen and oxygen atoms in total. The number of thiophene rings is 1. The van der Waals surface area contributed by atoms with E-state index in [1.165, 1.54) is 11.3 Å². The molecule has 0 bridgehead atoms. The molecule has 2 heterocycles. The molecule has 18 heavy (non-hydrogen) atoms. The number of ether oxygens (including phenoxy) is 1. The number of carbonyl (C=O) groups excluding carboxylic acids is 1. The van der Waals surface area contributed by atoms with Crippen molar-refractivity contribution in [3.05, 3.63) is 21.3 Å². The predicted molar refractivity (Wildman–Crippen MR) is 71.3 cm³/mol. The van der Waals surface area contributed by atoms with Gasteiger partial charge in [-0.2, -0.15) is 0 Å². The first-order valence-corrected chi connectivity index (χ1v) is 7.23. The highest BCUT2D eigenvalue weighted by molar-refractivity contribution is 7.12. The fraction of sp³-hybridized carbons (Fsp3) is 0.583. The molecule has 1 aliphatic heterocycles. The lowest BCUT2D eigenvalue weighted by atomic mass is 10.1. The zero-order chi connectivity index (χ0) is 13.0. The number of hydrogen-bond donors (Lipinski definition) is 1. The Morgan fingerprint density at radius 1 is 1.56 bits per heavy atom. The van der Waals surface area contributed by atoms with Gasteiger partial charge in [-0.05, 0) is 24.3 Å². The Kier molecular flexibility index (Phi) is 5.00. The van der Waals surface area contributed by atoms with Gasteiger partial charge in [-0.3, -0.25) is 4.79 Å². The Balaban J connectivity index is 1.86. The number of hydrogen-bond acceptors (Lipinski definition) is 4. The number of likely N-dealkylation sites (tertiary alicyclic amines) is 1. The molecular formula is C12H16ClNO3S. The van der Waals surface area contributed by atoms with Gasteiger partial charge in [0.25, 0.3) is 5.91 Å².